The van der Waals surface area contributed by atoms with Crippen molar-refractivity contribution in [3.8, 4) is 11.5 Å². The molecule has 1 aromatic carbocycles. The van der Waals surface area contributed by atoms with Gasteiger partial charge < -0.3 is 20.7 Å². The van der Waals surface area contributed by atoms with Crippen LogP contribution in [0.1, 0.15) is 38.2 Å². The summed E-state index contributed by atoms with van der Waals surface area (Å²) in [5.41, 5.74) is 6.57. The predicted molar refractivity (Wildman–Crippen MR) is 79.0 cm³/mol. The van der Waals surface area contributed by atoms with Crippen molar-refractivity contribution in [2.24, 2.45) is 11.7 Å². The van der Waals surface area contributed by atoms with Gasteiger partial charge in [-0.05, 0) is 49.3 Å². The smallest absolute Gasteiger partial charge is 0.323 e. The molecule has 3 atom stereocenters. The number of hydrogen-bond donors (Lipinski definition) is 3. The van der Waals surface area contributed by atoms with Crippen LogP contribution in [0, 0.1) is 5.92 Å². The summed E-state index contributed by atoms with van der Waals surface area (Å²) < 4.78 is 5.52. The van der Waals surface area contributed by atoms with Gasteiger partial charge in [0.15, 0.2) is 11.5 Å². The number of benzene rings is 1. The molecule has 0 bridgehead atoms. The minimum Gasteiger partial charge on any atom is -0.504 e. The first-order chi connectivity index (χ1) is 9.97. The van der Waals surface area contributed by atoms with Crippen LogP contribution in [-0.2, 0) is 16.0 Å². The fourth-order valence-corrected chi connectivity index (χ4v) is 2.73. The van der Waals surface area contributed by atoms with E-state index in [2.05, 4.69) is 6.92 Å². The zero-order valence-corrected chi connectivity index (χ0v) is 12.3. The van der Waals surface area contributed by atoms with Crippen LogP contribution in [0.15, 0.2) is 18.2 Å². The van der Waals surface area contributed by atoms with E-state index in [0.717, 1.165) is 19.3 Å². The molecule has 0 radical (unpaired) electrons. The zero-order valence-electron chi connectivity index (χ0n) is 12.3. The molecule has 1 fully saturated rings. The highest BCUT2D eigenvalue weighted by Gasteiger charge is 2.27. The summed E-state index contributed by atoms with van der Waals surface area (Å²) in [7, 11) is 0. The first-order valence-electron chi connectivity index (χ1n) is 7.44. The number of aromatic hydroxyl groups is 2. The Kier molecular flexibility index (Phi) is 5.07. The highest BCUT2D eigenvalue weighted by Crippen LogP contribution is 2.27. The molecule has 0 heterocycles. The Morgan fingerprint density at radius 2 is 2.05 bits per heavy atom. The minimum atomic E-state index is -0.761. The Morgan fingerprint density at radius 1 is 1.33 bits per heavy atom. The number of phenols is 2. The number of phenolic OH excluding ortho intramolecular Hbond substituents is 2. The third-order valence-corrected chi connectivity index (χ3v) is 4.10. The van der Waals surface area contributed by atoms with E-state index in [1.165, 1.54) is 18.6 Å². The Bertz CT molecular complexity index is 503. The summed E-state index contributed by atoms with van der Waals surface area (Å²) in [6.07, 6.45) is 4.50. The second kappa shape index (κ2) is 6.80. The lowest BCUT2D eigenvalue weighted by molar-refractivity contribution is -0.154. The fraction of sp³-hybridized carbons (Fsp3) is 0.562. The lowest BCUT2D eigenvalue weighted by atomic mass is 9.88. The van der Waals surface area contributed by atoms with E-state index in [9.17, 15) is 15.0 Å². The first kappa shape index (κ1) is 15.6. The van der Waals surface area contributed by atoms with Crippen molar-refractivity contribution < 1.29 is 19.7 Å². The molecule has 21 heavy (non-hydrogen) atoms. The number of rotatable bonds is 4. The normalized spacial score (nSPS) is 23.5. The van der Waals surface area contributed by atoms with Gasteiger partial charge in [0.05, 0.1) is 0 Å². The van der Waals surface area contributed by atoms with Crippen molar-refractivity contribution in [2.45, 2.75) is 51.2 Å². The average Bonchev–Trinajstić information content (AvgIpc) is 2.45. The van der Waals surface area contributed by atoms with Crippen LogP contribution in [-0.4, -0.2) is 28.3 Å². The third-order valence-electron chi connectivity index (χ3n) is 4.10. The van der Waals surface area contributed by atoms with E-state index in [1.54, 1.807) is 6.07 Å². The summed E-state index contributed by atoms with van der Waals surface area (Å²) in [6, 6.07) is 3.66. The fourth-order valence-electron chi connectivity index (χ4n) is 2.73. The van der Waals surface area contributed by atoms with Crippen molar-refractivity contribution >= 4 is 5.97 Å². The van der Waals surface area contributed by atoms with Crippen LogP contribution in [0.5, 0.6) is 11.5 Å². The molecule has 3 unspecified atom stereocenters. The molecule has 2 rings (SSSR count). The lowest BCUT2D eigenvalue weighted by Crippen LogP contribution is -2.39. The van der Waals surface area contributed by atoms with Gasteiger partial charge in [0.25, 0.3) is 0 Å². The van der Waals surface area contributed by atoms with Gasteiger partial charge in [-0.3, -0.25) is 4.79 Å². The van der Waals surface area contributed by atoms with Gasteiger partial charge >= 0.3 is 5.97 Å². The summed E-state index contributed by atoms with van der Waals surface area (Å²) >= 11 is 0. The van der Waals surface area contributed by atoms with Crippen molar-refractivity contribution in [3.63, 3.8) is 0 Å². The molecular formula is C16H23NO4. The highest BCUT2D eigenvalue weighted by atomic mass is 16.5. The standard InChI is InChI=1S/C16H23NO4/c1-10-4-2-3-5-15(10)21-16(20)12(17)8-11-6-7-13(18)14(19)9-11/h6-7,9-10,12,15,18-19H,2-5,8,17H2,1H3. The maximum Gasteiger partial charge on any atom is 0.323 e. The third kappa shape index (κ3) is 4.11. The molecule has 5 heteroatoms. The van der Waals surface area contributed by atoms with Gasteiger partial charge in [0.2, 0.25) is 0 Å². The molecule has 116 valence electrons. The van der Waals surface area contributed by atoms with Crippen LogP contribution in [0.3, 0.4) is 0 Å². The lowest BCUT2D eigenvalue weighted by Gasteiger charge is -2.29. The van der Waals surface area contributed by atoms with Gasteiger partial charge in [0, 0.05) is 0 Å². The number of hydrogen-bond acceptors (Lipinski definition) is 5. The zero-order chi connectivity index (χ0) is 15.4. The SMILES string of the molecule is CC1CCCCC1OC(=O)C(N)Cc1ccc(O)c(O)c1. The predicted octanol–water partition coefficient (Wildman–Crippen LogP) is 2.09. The highest BCUT2D eigenvalue weighted by molar-refractivity contribution is 5.76. The Hall–Kier alpha value is -1.75. The Morgan fingerprint density at radius 3 is 2.71 bits per heavy atom. The number of ether oxygens (including phenoxy) is 1. The number of esters is 1. The van der Waals surface area contributed by atoms with Gasteiger partial charge in [-0.2, -0.15) is 0 Å². The summed E-state index contributed by atoms with van der Waals surface area (Å²) in [5.74, 6) is -0.422. The summed E-state index contributed by atoms with van der Waals surface area (Å²) in [4.78, 5) is 12.1. The molecular weight excluding hydrogens is 270 g/mol. The van der Waals surface area contributed by atoms with E-state index in [1.807, 2.05) is 0 Å². The Labute approximate surface area is 124 Å². The topological polar surface area (TPSA) is 92.8 Å². The molecule has 0 aliphatic heterocycles. The Balaban J connectivity index is 1.91. The molecule has 1 aromatic rings. The van der Waals surface area contributed by atoms with E-state index in [0.29, 0.717) is 11.5 Å². The van der Waals surface area contributed by atoms with Crippen molar-refractivity contribution in [2.75, 3.05) is 0 Å². The number of carbonyl (C=O) groups is 1. The quantitative estimate of drug-likeness (QED) is 0.584. The molecule has 0 amide bonds. The molecule has 1 aliphatic carbocycles. The average molecular weight is 293 g/mol. The van der Waals surface area contributed by atoms with E-state index in [-0.39, 0.29) is 24.0 Å². The molecule has 1 aliphatic rings. The van der Waals surface area contributed by atoms with E-state index < -0.39 is 12.0 Å². The van der Waals surface area contributed by atoms with Gasteiger partial charge in [-0.25, -0.2) is 0 Å². The van der Waals surface area contributed by atoms with Gasteiger partial charge in [0.1, 0.15) is 12.1 Å². The molecule has 4 N–H and O–H groups in total. The van der Waals surface area contributed by atoms with Crippen molar-refractivity contribution in [1.82, 2.24) is 0 Å². The van der Waals surface area contributed by atoms with Crippen LogP contribution in [0.25, 0.3) is 0 Å². The second-order valence-electron chi connectivity index (χ2n) is 5.87. The second-order valence-corrected chi connectivity index (χ2v) is 5.87. The van der Waals surface area contributed by atoms with E-state index in [4.69, 9.17) is 10.5 Å². The maximum absolute atomic E-state index is 12.1. The maximum atomic E-state index is 12.1. The van der Waals surface area contributed by atoms with Gasteiger partial charge in [-0.15, -0.1) is 0 Å². The molecule has 1 saturated carbocycles. The molecule has 0 saturated heterocycles. The number of carbonyl (C=O) groups excluding carboxylic acids is 1. The van der Waals surface area contributed by atoms with Crippen LogP contribution < -0.4 is 5.73 Å². The molecule has 0 spiro atoms. The van der Waals surface area contributed by atoms with Crippen molar-refractivity contribution in [3.05, 3.63) is 23.8 Å². The summed E-state index contributed by atoms with van der Waals surface area (Å²) in [5, 5.41) is 18.7. The largest absolute Gasteiger partial charge is 0.504 e. The van der Waals surface area contributed by atoms with E-state index >= 15 is 0 Å². The monoisotopic (exact) mass is 293 g/mol. The minimum absolute atomic E-state index is 0.0366. The van der Waals surface area contributed by atoms with Crippen LogP contribution in [0.2, 0.25) is 0 Å². The number of nitrogens with two attached hydrogens (primary N) is 1. The summed E-state index contributed by atoms with van der Waals surface area (Å²) in [6.45, 7) is 2.10. The van der Waals surface area contributed by atoms with Crippen LogP contribution in [0.4, 0.5) is 0 Å². The first-order valence-corrected chi connectivity index (χ1v) is 7.44. The molecule has 5 nitrogen and oxygen atoms in total. The van der Waals surface area contributed by atoms with Crippen molar-refractivity contribution in [1.29, 1.82) is 0 Å². The van der Waals surface area contributed by atoms with Gasteiger partial charge in [-0.1, -0.05) is 19.4 Å². The molecule has 0 aromatic heterocycles. The van der Waals surface area contributed by atoms with Crippen LogP contribution >= 0.6 is 0 Å².